The van der Waals surface area contributed by atoms with Crippen LogP contribution in [0.2, 0.25) is 5.02 Å². The van der Waals surface area contributed by atoms with Gasteiger partial charge in [0.2, 0.25) is 5.88 Å². The quantitative estimate of drug-likeness (QED) is 0.893. The van der Waals surface area contributed by atoms with Gasteiger partial charge in [0.05, 0.1) is 19.0 Å². The van der Waals surface area contributed by atoms with E-state index in [1.54, 1.807) is 6.07 Å². The second-order valence-corrected chi connectivity index (χ2v) is 3.86. The van der Waals surface area contributed by atoms with Crippen molar-refractivity contribution in [3.63, 3.8) is 0 Å². The van der Waals surface area contributed by atoms with Crippen LogP contribution in [0.15, 0.2) is 30.5 Å². The van der Waals surface area contributed by atoms with Crippen LogP contribution in [-0.2, 0) is 0 Å². The highest BCUT2D eigenvalue weighted by molar-refractivity contribution is 6.33. The Balaban J connectivity index is 2.66. The third-order valence-electron chi connectivity index (χ3n) is 2.28. The number of pyridine rings is 1. The van der Waals surface area contributed by atoms with Crippen LogP contribution in [0.4, 0.5) is 10.1 Å². The molecular formula is C12H10ClFN2O. The van der Waals surface area contributed by atoms with Gasteiger partial charge in [-0.2, -0.15) is 0 Å². The number of anilines is 1. The lowest BCUT2D eigenvalue weighted by Crippen LogP contribution is -1.95. The predicted octanol–water partition coefficient (Wildman–Crippen LogP) is 3.13. The van der Waals surface area contributed by atoms with Gasteiger partial charge in [-0.15, -0.1) is 0 Å². The van der Waals surface area contributed by atoms with E-state index in [0.717, 1.165) is 0 Å². The molecule has 88 valence electrons. The molecule has 0 atom stereocenters. The Morgan fingerprint density at radius 2 is 2.06 bits per heavy atom. The molecule has 0 saturated carbocycles. The van der Waals surface area contributed by atoms with E-state index in [9.17, 15) is 4.39 Å². The predicted molar refractivity (Wildman–Crippen MR) is 65.6 cm³/mol. The average molecular weight is 253 g/mol. The molecule has 0 aliphatic heterocycles. The number of aromatic nitrogens is 1. The van der Waals surface area contributed by atoms with Crippen LogP contribution in [0.25, 0.3) is 11.1 Å². The lowest BCUT2D eigenvalue weighted by Gasteiger charge is -2.09. The molecule has 0 amide bonds. The van der Waals surface area contributed by atoms with Crippen molar-refractivity contribution in [3.8, 4) is 17.0 Å². The molecule has 0 aliphatic carbocycles. The Morgan fingerprint density at radius 1 is 1.29 bits per heavy atom. The van der Waals surface area contributed by atoms with Crippen molar-refractivity contribution in [2.24, 2.45) is 0 Å². The van der Waals surface area contributed by atoms with Crippen molar-refractivity contribution in [2.75, 3.05) is 12.8 Å². The maximum absolute atomic E-state index is 13.2. The molecule has 2 aromatic rings. The normalized spacial score (nSPS) is 10.3. The van der Waals surface area contributed by atoms with Crippen LogP contribution in [0.3, 0.4) is 0 Å². The fourth-order valence-electron chi connectivity index (χ4n) is 1.53. The van der Waals surface area contributed by atoms with Crippen LogP contribution in [0.1, 0.15) is 0 Å². The number of nitrogen functional groups attached to an aromatic ring is 1. The van der Waals surface area contributed by atoms with Gasteiger partial charge in [0, 0.05) is 16.1 Å². The number of rotatable bonds is 2. The minimum Gasteiger partial charge on any atom is -0.481 e. The highest BCUT2D eigenvalue weighted by Crippen LogP contribution is 2.34. The lowest BCUT2D eigenvalue weighted by molar-refractivity contribution is 0.400. The second-order valence-electron chi connectivity index (χ2n) is 3.45. The molecule has 0 spiro atoms. The van der Waals surface area contributed by atoms with Crippen molar-refractivity contribution < 1.29 is 9.13 Å². The third kappa shape index (κ3) is 2.31. The van der Waals surface area contributed by atoms with Gasteiger partial charge in [0.15, 0.2) is 0 Å². The molecule has 0 bridgehead atoms. The van der Waals surface area contributed by atoms with Crippen molar-refractivity contribution in [1.29, 1.82) is 0 Å². The van der Waals surface area contributed by atoms with Gasteiger partial charge < -0.3 is 10.5 Å². The van der Waals surface area contributed by atoms with Gasteiger partial charge in [0.1, 0.15) is 5.82 Å². The number of hydrogen-bond acceptors (Lipinski definition) is 3. The summed E-state index contributed by atoms with van der Waals surface area (Å²) in [4.78, 5) is 4.02. The van der Waals surface area contributed by atoms with Gasteiger partial charge in [0.25, 0.3) is 0 Å². The van der Waals surface area contributed by atoms with Crippen molar-refractivity contribution >= 4 is 17.3 Å². The summed E-state index contributed by atoms with van der Waals surface area (Å²) in [7, 11) is 1.48. The lowest BCUT2D eigenvalue weighted by atomic mass is 10.1. The first-order valence-corrected chi connectivity index (χ1v) is 5.24. The van der Waals surface area contributed by atoms with E-state index in [-0.39, 0.29) is 5.82 Å². The molecule has 2 N–H and O–H groups in total. The number of halogens is 2. The van der Waals surface area contributed by atoms with Crippen molar-refractivity contribution in [2.45, 2.75) is 0 Å². The summed E-state index contributed by atoms with van der Waals surface area (Å²) in [6.45, 7) is 0. The minimum absolute atomic E-state index is 0.353. The minimum atomic E-state index is -0.381. The largest absolute Gasteiger partial charge is 0.481 e. The van der Waals surface area contributed by atoms with E-state index in [0.29, 0.717) is 27.7 Å². The number of hydrogen-bond donors (Lipinski definition) is 1. The standard InChI is InChI=1S/C12H10ClFN2O/c1-17-12-10(5-8(15)6-16-12)9-4-7(14)2-3-11(9)13/h2-6H,15H2,1H3. The molecule has 5 heteroatoms. The zero-order valence-corrected chi connectivity index (χ0v) is 9.83. The number of nitrogens with zero attached hydrogens (tertiary/aromatic N) is 1. The summed E-state index contributed by atoms with van der Waals surface area (Å²) in [6, 6.07) is 5.74. The zero-order chi connectivity index (χ0) is 12.4. The van der Waals surface area contributed by atoms with Crippen LogP contribution >= 0.6 is 11.6 Å². The third-order valence-corrected chi connectivity index (χ3v) is 2.61. The molecule has 0 radical (unpaired) electrons. The van der Waals surface area contributed by atoms with Crippen molar-refractivity contribution in [3.05, 3.63) is 41.3 Å². The van der Waals surface area contributed by atoms with Gasteiger partial charge in [-0.1, -0.05) is 11.6 Å². The molecule has 17 heavy (non-hydrogen) atoms. The molecule has 0 unspecified atom stereocenters. The number of methoxy groups -OCH3 is 1. The molecule has 0 fully saturated rings. The highest BCUT2D eigenvalue weighted by Gasteiger charge is 2.12. The highest BCUT2D eigenvalue weighted by atomic mass is 35.5. The molecule has 2 rings (SSSR count). The molecule has 1 heterocycles. The maximum atomic E-state index is 13.2. The van der Waals surface area contributed by atoms with Gasteiger partial charge in [-0.3, -0.25) is 0 Å². The summed E-state index contributed by atoms with van der Waals surface area (Å²) in [6.07, 6.45) is 1.47. The van der Waals surface area contributed by atoms with Crippen LogP contribution in [0, 0.1) is 5.82 Å². The monoisotopic (exact) mass is 252 g/mol. The Bertz CT molecular complexity index is 560. The fourth-order valence-corrected chi connectivity index (χ4v) is 1.75. The summed E-state index contributed by atoms with van der Waals surface area (Å²) in [5.74, 6) is -0.0272. The van der Waals surface area contributed by atoms with E-state index in [2.05, 4.69) is 4.98 Å². The molecule has 0 aliphatic rings. The number of benzene rings is 1. The molecule has 1 aromatic heterocycles. The van der Waals surface area contributed by atoms with E-state index < -0.39 is 0 Å². The number of nitrogens with two attached hydrogens (primary N) is 1. The smallest absolute Gasteiger partial charge is 0.221 e. The Hall–Kier alpha value is -1.81. The first kappa shape index (κ1) is 11.7. The van der Waals surface area contributed by atoms with Gasteiger partial charge in [-0.25, -0.2) is 9.37 Å². The topological polar surface area (TPSA) is 48.1 Å². The van der Waals surface area contributed by atoms with Crippen LogP contribution in [-0.4, -0.2) is 12.1 Å². The summed E-state index contributed by atoms with van der Waals surface area (Å²) < 4.78 is 18.3. The average Bonchev–Trinajstić information content (AvgIpc) is 2.32. The fraction of sp³-hybridized carbons (Fsp3) is 0.0833. The first-order valence-electron chi connectivity index (χ1n) is 4.86. The van der Waals surface area contributed by atoms with Gasteiger partial charge >= 0.3 is 0 Å². The zero-order valence-electron chi connectivity index (χ0n) is 9.08. The Kier molecular flexibility index (Phi) is 3.15. The van der Waals surface area contributed by atoms with Gasteiger partial charge in [-0.05, 0) is 24.3 Å². The number of ether oxygens (including phenoxy) is 1. The van der Waals surface area contributed by atoms with Crippen LogP contribution in [0.5, 0.6) is 5.88 Å². The van der Waals surface area contributed by atoms with E-state index >= 15 is 0 Å². The summed E-state index contributed by atoms with van der Waals surface area (Å²) >= 11 is 6.02. The van der Waals surface area contributed by atoms with E-state index in [1.165, 1.54) is 31.5 Å². The molecule has 3 nitrogen and oxygen atoms in total. The first-order chi connectivity index (χ1) is 8.11. The Labute approximate surface area is 103 Å². The second kappa shape index (κ2) is 4.59. The molecular weight excluding hydrogens is 243 g/mol. The molecule has 1 aromatic carbocycles. The SMILES string of the molecule is COc1ncc(N)cc1-c1cc(F)ccc1Cl. The van der Waals surface area contributed by atoms with Crippen molar-refractivity contribution in [1.82, 2.24) is 4.98 Å². The summed E-state index contributed by atoms with van der Waals surface area (Å²) in [5, 5.41) is 0.414. The van der Waals surface area contributed by atoms with Crippen LogP contribution < -0.4 is 10.5 Å². The molecule has 0 saturated heterocycles. The van der Waals surface area contributed by atoms with E-state index in [4.69, 9.17) is 22.1 Å². The summed E-state index contributed by atoms with van der Waals surface area (Å²) in [5.41, 5.74) is 7.18. The van der Waals surface area contributed by atoms with E-state index in [1.807, 2.05) is 0 Å². The maximum Gasteiger partial charge on any atom is 0.221 e. The Morgan fingerprint density at radius 3 is 2.76 bits per heavy atom.